The average Bonchev–Trinajstić information content (AvgIpc) is 2.39. The van der Waals surface area contributed by atoms with E-state index in [1.165, 1.54) is 0 Å². The SMILES string of the molecule is CN1CCCC(NC(=O)C(c2ccccc2)N(C)C)C1. The van der Waals surface area contributed by atoms with Gasteiger partial charge in [-0.3, -0.25) is 9.69 Å². The number of piperidine rings is 1. The molecule has 2 rings (SSSR count). The first-order chi connectivity index (χ1) is 9.58. The fraction of sp³-hybridized carbons (Fsp3) is 0.562. The summed E-state index contributed by atoms with van der Waals surface area (Å²) in [6, 6.07) is 10.0. The molecule has 2 unspecified atom stereocenters. The highest BCUT2D eigenvalue weighted by atomic mass is 16.2. The molecule has 1 aliphatic rings. The third-order valence-corrected chi connectivity index (χ3v) is 3.85. The molecule has 20 heavy (non-hydrogen) atoms. The number of rotatable bonds is 4. The number of likely N-dealkylation sites (N-methyl/N-ethyl adjacent to an activating group) is 2. The van der Waals surface area contributed by atoms with Gasteiger partial charge in [0.25, 0.3) is 0 Å². The summed E-state index contributed by atoms with van der Waals surface area (Å²) in [5, 5.41) is 3.21. The number of likely N-dealkylation sites (tertiary alicyclic amines) is 1. The highest BCUT2D eigenvalue weighted by Gasteiger charge is 2.26. The lowest BCUT2D eigenvalue weighted by atomic mass is 10.0. The molecule has 0 saturated carbocycles. The van der Waals surface area contributed by atoms with Gasteiger partial charge in [0, 0.05) is 12.6 Å². The van der Waals surface area contributed by atoms with Crippen LogP contribution in [0.15, 0.2) is 30.3 Å². The number of hydrogen-bond acceptors (Lipinski definition) is 3. The fourth-order valence-electron chi connectivity index (χ4n) is 2.88. The summed E-state index contributed by atoms with van der Waals surface area (Å²) >= 11 is 0. The summed E-state index contributed by atoms with van der Waals surface area (Å²) in [6.07, 6.45) is 2.23. The highest BCUT2D eigenvalue weighted by Crippen LogP contribution is 2.19. The lowest BCUT2D eigenvalue weighted by Crippen LogP contribution is -2.49. The van der Waals surface area contributed by atoms with Crippen molar-refractivity contribution in [3.63, 3.8) is 0 Å². The Morgan fingerprint density at radius 1 is 1.35 bits per heavy atom. The van der Waals surface area contributed by atoms with E-state index >= 15 is 0 Å². The Balaban J connectivity index is 2.04. The average molecular weight is 275 g/mol. The standard InChI is InChI=1S/C16H25N3O/c1-18(2)15(13-8-5-4-6-9-13)16(20)17-14-10-7-11-19(3)12-14/h4-6,8-9,14-15H,7,10-12H2,1-3H3,(H,17,20). The van der Waals surface area contributed by atoms with E-state index in [2.05, 4.69) is 17.3 Å². The molecule has 4 heteroatoms. The Morgan fingerprint density at radius 3 is 2.65 bits per heavy atom. The number of nitrogens with zero attached hydrogens (tertiary/aromatic N) is 2. The highest BCUT2D eigenvalue weighted by molar-refractivity contribution is 5.83. The Labute approximate surface area is 121 Å². The summed E-state index contributed by atoms with van der Waals surface area (Å²) in [5.41, 5.74) is 1.04. The number of carbonyl (C=O) groups excluding carboxylic acids is 1. The molecule has 110 valence electrons. The van der Waals surface area contributed by atoms with Crippen LogP contribution >= 0.6 is 0 Å². The van der Waals surface area contributed by atoms with Gasteiger partial charge in [-0.1, -0.05) is 30.3 Å². The van der Waals surface area contributed by atoms with Crippen molar-refractivity contribution < 1.29 is 4.79 Å². The number of amides is 1. The van der Waals surface area contributed by atoms with Crippen LogP contribution in [0, 0.1) is 0 Å². The first-order valence-corrected chi connectivity index (χ1v) is 7.28. The van der Waals surface area contributed by atoms with Crippen molar-refractivity contribution in [1.82, 2.24) is 15.1 Å². The molecule has 0 aromatic heterocycles. The van der Waals surface area contributed by atoms with E-state index in [1.54, 1.807) is 0 Å². The molecule has 0 bridgehead atoms. The molecule has 1 heterocycles. The zero-order valence-electron chi connectivity index (χ0n) is 12.7. The predicted molar refractivity (Wildman–Crippen MR) is 81.5 cm³/mol. The summed E-state index contributed by atoms with van der Waals surface area (Å²) < 4.78 is 0. The van der Waals surface area contributed by atoms with E-state index < -0.39 is 0 Å². The van der Waals surface area contributed by atoms with Crippen molar-refractivity contribution in [2.24, 2.45) is 0 Å². The van der Waals surface area contributed by atoms with Gasteiger partial charge in [0.05, 0.1) is 0 Å². The van der Waals surface area contributed by atoms with Gasteiger partial charge in [-0.25, -0.2) is 0 Å². The third kappa shape index (κ3) is 3.81. The summed E-state index contributed by atoms with van der Waals surface area (Å²) in [6.45, 7) is 2.07. The Morgan fingerprint density at radius 2 is 2.05 bits per heavy atom. The first kappa shape index (κ1) is 15.0. The molecule has 4 nitrogen and oxygen atoms in total. The van der Waals surface area contributed by atoms with Gasteiger partial charge < -0.3 is 10.2 Å². The topological polar surface area (TPSA) is 35.6 Å². The zero-order chi connectivity index (χ0) is 14.5. The second kappa shape index (κ2) is 6.86. The molecule has 1 saturated heterocycles. The van der Waals surface area contributed by atoms with E-state index in [-0.39, 0.29) is 18.0 Å². The van der Waals surface area contributed by atoms with Crippen molar-refractivity contribution in [2.75, 3.05) is 34.2 Å². The summed E-state index contributed by atoms with van der Waals surface area (Å²) in [4.78, 5) is 16.8. The van der Waals surface area contributed by atoms with Gasteiger partial charge in [0.1, 0.15) is 6.04 Å². The predicted octanol–water partition coefficient (Wildman–Crippen LogP) is 1.50. The van der Waals surface area contributed by atoms with Crippen molar-refractivity contribution in [2.45, 2.75) is 24.9 Å². The maximum atomic E-state index is 12.6. The van der Waals surface area contributed by atoms with Crippen LogP contribution in [0.5, 0.6) is 0 Å². The maximum Gasteiger partial charge on any atom is 0.242 e. The minimum atomic E-state index is -0.219. The van der Waals surface area contributed by atoms with Gasteiger partial charge >= 0.3 is 0 Å². The van der Waals surface area contributed by atoms with Crippen LogP contribution in [0.2, 0.25) is 0 Å². The molecule has 1 amide bonds. The smallest absolute Gasteiger partial charge is 0.242 e. The quantitative estimate of drug-likeness (QED) is 0.904. The van der Waals surface area contributed by atoms with Gasteiger partial charge in [0.2, 0.25) is 5.91 Å². The van der Waals surface area contributed by atoms with Crippen LogP contribution in [0.3, 0.4) is 0 Å². The van der Waals surface area contributed by atoms with Crippen molar-refractivity contribution in [1.29, 1.82) is 0 Å². The van der Waals surface area contributed by atoms with Crippen molar-refractivity contribution >= 4 is 5.91 Å². The number of nitrogens with one attached hydrogen (secondary N) is 1. The Kier molecular flexibility index (Phi) is 5.15. The fourth-order valence-corrected chi connectivity index (χ4v) is 2.88. The van der Waals surface area contributed by atoms with Gasteiger partial charge in [-0.2, -0.15) is 0 Å². The molecule has 1 aromatic rings. The second-order valence-corrected chi connectivity index (χ2v) is 5.89. The minimum absolute atomic E-state index is 0.0986. The first-order valence-electron chi connectivity index (χ1n) is 7.28. The number of benzene rings is 1. The maximum absolute atomic E-state index is 12.6. The molecule has 0 aliphatic carbocycles. The Bertz CT molecular complexity index is 433. The molecule has 0 spiro atoms. The zero-order valence-corrected chi connectivity index (χ0v) is 12.7. The third-order valence-electron chi connectivity index (χ3n) is 3.85. The van der Waals surface area contributed by atoms with E-state index in [0.29, 0.717) is 0 Å². The normalized spacial score (nSPS) is 21.7. The molecular weight excluding hydrogens is 250 g/mol. The molecule has 1 aromatic carbocycles. The lowest BCUT2D eigenvalue weighted by molar-refractivity contribution is -0.126. The van der Waals surface area contributed by atoms with E-state index in [9.17, 15) is 4.79 Å². The van der Waals surface area contributed by atoms with Crippen LogP contribution in [-0.2, 0) is 4.79 Å². The lowest BCUT2D eigenvalue weighted by Gasteiger charge is -2.32. The van der Waals surface area contributed by atoms with Gasteiger partial charge in [-0.15, -0.1) is 0 Å². The van der Waals surface area contributed by atoms with E-state index in [1.807, 2.05) is 49.3 Å². The van der Waals surface area contributed by atoms with Crippen LogP contribution in [0.1, 0.15) is 24.4 Å². The molecule has 2 atom stereocenters. The minimum Gasteiger partial charge on any atom is -0.350 e. The van der Waals surface area contributed by atoms with Gasteiger partial charge in [0.15, 0.2) is 0 Å². The molecule has 1 fully saturated rings. The van der Waals surface area contributed by atoms with Gasteiger partial charge in [-0.05, 0) is 46.1 Å². The van der Waals surface area contributed by atoms with Crippen molar-refractivity contribution in [3.8, 4) is 0 Å². The molecule has 0 radical (unpaired) electrons. The van der Waals surface area contributed by atoms with Crippen LogP contribution in [0.25, 0.3) is 0 Å². The van der Waals surface area contributed by atoms with E-state index in [4.69, 9.17) is 0 Å². The molecule has 1 aliphatic heterocycles. The summed E-state index contributed by atoms with van der Waals surface area (Å²) in [7, 11) is 6.01. The van der Waals surface area contributed by atoms with E-state index in [0.717, 1.165) is 31.5 Å². The Hall–Kier alpha value is -1.39. The monoisotopic (exact) mass is 275 g/mol. The number of carbonyl (C=O) groups is 1. The van der Waals surface area contributed by atoms with Crippen LogP contribution in [0.4, 0.5) is 0 Å². The molecule has 1 N–H and O–H groups in total. The number of hydrogen-bond donors (Lipinski definition) is 1. The largest absolute Gasteiger partial charge is 0.350 e. The van der Waals surface area contributed by atoms with Crippen molar-refractivity contribution in [3.05, 3.63) is 35.9 Å². The van der Waals surface area contributed by atoms with Crippen LogP contribution in [-0.4, -0.2) is 56.0 Å². The molecular formula is C16H25N3O. The van der Waals surface area contributed by atoms with Crippen LogP contribution < -0.4 is 5.32 Å². The summed E-state index contributed by atoms with van der Waals surface area (Å²) in [5.74, 6) is 0.0986. The second-order valence-electron chi connectivity index (χ2n) is 5.89.